The van der Waals surface area contributed by atoms with Gasteiger partial charge in [-0.2, -0.15) is 5.10 Å². The van der Waals surface area contributed by atoms with Gasteiger partial charge in [0.05, 0.1) is 6.20 Å². The summed E-state index contributed by atoms with van der Waals surface area (Å²) in [6, 6.07) is 0.612. The lowest BCUT2D eigenvalue weighted by molar-refractivity contribution is -0.137. The molecule has 0 amide bonds. The number of carboxylic acid groups (broad SMARTS) is 1. The normalized spacial score (nSPS) is 15.4. The van der Waals surface area contributed by atoms with Gasteiger partial charge < -0.3 is 10.4 Å². The van der Waals surface area contributed by atoms with Crippen LogP contribution in [0.1, 0.15) is 19.3 Å². The maximum absolute atomic E-state index is 11.9. The van der Waals surface area contributed by atoms with E-state index in [4.69, 9.17) is 5.11 Å². The van der Waals surface area contributed by atoms with E-state index < -0.39 is 16.0 Å². The predicted molar refractivity (Wildman–Crippen MR) is 70.7 cm³/mol. The Labute approximate surface area is 117 Å². The molecule has 1 aromatic rings. The molecule has 0 radical (unpaired) electrons. The molecule has 1 aromatic heterocycles. The highest BCUT2D eigenvalue weighted by molar-refractivity contribution is 7.89. The van der Waals surface area contributed by atoms with E-state index in [0.29, 0.717) is 19.0 Å². The molecular formula is C11H18N4O4S. The number of carboxylic acids is 1. The minimum Gasteiger partial charge on any atom is -0.480 e. The van der Waals surface area contributed by atoms with Crippen molar-refractivity contribution in [1.82, 2.24) is 19.8 Å². The van der Waals surface area contributed by atoms with Crippen LogP contribution < -0.4 is 10.0 Å². The zero-order chi connectivity index (χ0) is 14.6. The quantitative estimate of drug-likeness (QED) is 0.524. The van der Waals surface area contributed by atoms with Crippen LogP contribution in [-0.2, 0) is 21.4 Å². The van der Waals surface area contributed by atoms with Gasteiger partial charge in [0.1, 0.15) is 11.4 Å². The fraction of sp³-hybridized carbons (Fsp3) is 0.636. The highest BCUT2D eigenvalue weighted by Crippen LogP contribution is 2.18. The van der Waals surface area contributed by atoms with Crippen LogP contribution in [-0.4, -0.2) is 48.4 Å². The fourth-order valence-corrected chi connectivity index (χ4v) is 2.71. The topological polar surface area (TPSA) is 113 Å². The van der Waals surface area contributed by atoms with Gasteiger partial charge in [0.15, 0.2) is 0 Å². The second-order valence-corrected chi connectivity index (χ2v) is 6.51. The maximum atomic E-state index is 11.9. The average Bonchev–Trinajstić information content (AvgIpc) is 3.06. The van der Waals surface area contributed by atoms with Gasteiger partial charge in [-0.3, -0.25) is 9.48 Å². The standard InChI is InChI=1S/C11H18N4O4S/c16-11(17)8-15-7-10(6-13-15)20(18,19)14-5-1-4-12-9-2-3-9/h6-7,9,12,14H,1-5,8H2,(H,16,17). The second kappa shape index (κ2) is 6.33. The molecule has 1 aliphatic carbocycles. The molecule has 0 aliphatic heterocycles. The van der Waals surface area contributed by atoms with Crippen molar-refractivity contribution in [3.05, 3.63) is 12.4 Å². The number of carbonyl (C=O) groups is 1. The van der Waals surface area contributed by atoms with Crippen molar-refractivity contribution in [2.24, 2.45) is 0 Å². The molecule has 1 saturated carbocycles. The zero-order valence-electron chi connectivity index (χ0n) is 10.9. The van der Waals surface area contributed by atoms with Crippen LogP contribution in [0.3, 0.4) is 0 Å². The molecule has 0 unspecified atom stereocenters. The first kappa shape index (κ1) is 14.9. The number of aromatic nitrogens is 2. The van der Waals surface area contributed by atoms with Gasteiger partial charge in [-0.05, 0) is 25.8 Å². The van der Waals surface area contributed by atoms with Gasteiger partial charge >= 0.3 is 5.97 Å². The molecule has 0 bridgehead atoms. The van der Waals surface area contributed by atoms with E-state index in [-0.39, 0.29) is 11.4 Å². The minimum atomic E-state index is -3.61. The number of sulfonamides is 1. The molecule has 8 nitrogen and oxygen atoms in total. The van der Waals surface area contributed by atoms with Gasteiger partial charge in [0.2, 0.25) is 10.0 Å². The van der Waals surface area contributed by atoms with Crippen molar-refractivity contribution in [1.29, 1.82) is 0 Å². The Bertz CT molecular complexity index is 565. The number of aliphatic carboxylic acids is 1. The van der Waals surface area contributed by atoms with Gasteiger partial charge in [0.25, 0.3) is 0 Å². The van der Waals surface area contributed by atoms with Crippen molar-refractivity contribution in [2.75, 3.05) is 13.1 Å². The van der Waals surface area contributed by atoms with E-state index in [9.17, 15) is 13.2 Å². The summed E-state index contributed by atoms with van der Waals surface area (Å²) in [5.74, 6) is -1.07. The van der Waals surface area contributed by atoms with E-state index >= 15 is 0 Å². The number of nitrogens with zero attached hydrogens (tertiary/aromatic N) is 2. The number of hydrogen-bond donors (Lipinski definition) is 3. The molecule has 2 rings (SSSR count). The summed E-state index contributed by atoms with van der Waals surface area (Å²) >= 11 is 0. The van der Waals surface area contributed by atoms with Gasteiger partial charge in [-0.1, -0.05) is 0 Å². The molecule has 0 spiro atoms. The van der Waals surface area contributed by atoms with Gasteiger partial charge in [-0.15, -0.1) is 0 Å². The first-order chi connectivity index (χ1) is 9.47. The Hall–Kier alpha value is -1.45. The Kier molecular flexibility index (Phi) is 4.73. The number of nitrogens with one attached hydrogen (secondary N) is 2. The highest BCUT2D eigenvalue weighted by Gasteiger charge is 2.20. The van der Waals surface area contributed by atoms with E-state index in [1.807, 2.05) is 0 Å². The highest BCUT2D eigenvalue weighted by atomic mass is 32.2. The monoisotopic (exact) mass is 302 g/mol. The lowest BCUT2D eigenvalue weighted by Gasteiger charge is -2.05. The lowest BCUT2D eigenvalue weighted by Crippen LogP contribution is -2.28. The molecule has 1 fully saturated rings. The summed E-state index contributed by atoms with van der Waals surface area (Å²) in [4.78, 5) is 10.5. The van der Waals surface area contributed by atoms with Crippen LogP contribution >= 0.6 is 0 Å². The number of rotatable bonds is 9. The SMILES string of the molecule is O=C(O)Cn1cc(S(=O)(=O)NCCCNC2CC2)cn1. The Morgan fingerprint density at radius 3 is 2.85 bits per heavy atom. The second-order valence-electron chi connectivity index (χ2n) is 4.75. The largest absolute Gasteiger partial charge is 0.480 e. The molecule has 9 heteroatoms. The molecule has 112 valence electrons. The Balaban J connectivity index is 1.78. The third kappa shape index (κ3) is 4.58. The van der Waals surface area contributed by atoms with Crippen molar-refractivity contribution in [3.8, 4) is 0 Å². The van der Waals surface area contributed by atoms with Crippen molar-refractivity contribution >= 4 is 16.0 Å². The predicted octanol–water partition coefficient (Wildman–Crippen LogP) is -0.612. The molecule has 3 N–H and O–H groups in total. The first-order valence-electron chi connectivity index (χ1n) is 6.45. The minimum absolute atomic E-state index is 0.0195. The van der Waals surface area contributed by atoms with Crippen LogP contribution in [0.2, 0.25) is 0 Å². The van der Waals surface area contributed by atoms with Crippen LogP contribution in [0.15, 0.2) is 17.3 Å². The van der Waals surface area contributed by atoms with E-state index in [0.717, 1.165) is 17.4 Å². The molecule has 0 aromatic carbocycles. The molecule has 20 heavy (non-hydrogen) atoms. The van der Waals surface area contributed by atoms with E-state index in [1.165, 1.54) is 19.0 Å². The molecule has 1 aliphatic rings. The lowest BCUT2D eigenvalue weighted by atomic mass is 10.4. The van der Waals surface area contributed by atoms with Crippen LogP contribution in [0.25, 0.3) is 0 Å². The number of hydrogen-bond acceptors (Lipinski definition) is 5. The summed E-state index contributed by atoms with van der Waals surface area (Å²) in [5, 5.41) is 15.6. The van der Waals surface area contributed by atoms with E-state index in [2.05, 4.69) is 15.1 Å². The first-order valence-corrected chi connectivity index (χ1v) is 7.93. The summed E-state index contributed by atoms with van der Waals surface area (Å²) in [7, 11) is -3.61. The van der Waals surface area contributed by atoms with Crippen LogP contribution in [0, 0.1) is 0 Å². The average molecular weight is 302 g/mol. The Morgan fingerprint density at radius 1 is 1.45 bits per heavy atom. The van der Waals surface area contributed by atoms with Crippen molar-refractivity contribution in [2.45, 2.75) is 36.7 Å². The van der Waals surface area contributed by atoms with Crippen LogP contribution in [0.4, 0.5) is 0 Å². The molecule has 0 saturated heterocycles. The fourth-order valence-electron chi connectivity index (χ4n) is 1.68. The summed E-state index contributed by atoms with van der Waals surface area (Å²) in [5.41, 5.74) is 0. The molecule has 0 atom stereocenters. The zero-order valence-corrected chi connectivity index (χ0v) is 11.8. The molecular weight excluding hydrogens is 284 g/mol. The summed E-state index contributed by atoms with van der Waals surface area (Å²) in [6.45, 7) is 0.762. The van der Waals surface area contributed by atoms with Crippen molar-refractivity contribution in [3.63, 3.8) is 0 Å². The third-order valence-corrected chi connectivity index (χ3v) is 4.29. The molecule has 1 heterocycles. The summed E-state index contributed by atoms with van der Waals surface area (Å²) < 4.78 is 27.4. The van der Waals surface area contributed by atoms with E-state index in [1.54, 1.807) is 0 Å². The Morgan fingerprint density at radius 2 is 2.20 bits per heavy atom. The van der Waals surface area contributed by atoms with Gasteiger partial charge in [-0.25, -0.2) is 13.1 Å². The maximum Gasteiger partial charge on any atom is 0.325 e. The van der Waals surface area contributed by atoms with Crippen LogP contribution in [0.5, 0.6) is 0 Å². The van der Waals surface area contributed by atoms with Crippen molar-refractivity contribution < 1.29 is 18.3 Å². The third-order valence-electron chi connectivity index (χ3n) is 2.87. The summed E-state index contributed by atoms with van der Waals surface area (Å²) in [6.07, 6.45) is 5.47. The van der Waals surface area contributed by atoms with Gasteiger partial charge in [0, 0.05) is 18.8 Å². The smallest absolute Gasteiger partial charge is 0.325 e.